The molecular weight excluding hydrogens is 342 g/mol. The lowest BCUT2D eigenvalue weighted by Crippen LogP contribution is -2.37. The van der Waals surface area contributed by atoms with Crippen molar-refractivity contribution in [2.24, 2.45) is 7.05 Å². The van der Waals surface area contributed by atoms with Gasteiger partial charge in [0.2, 0.25) is 0 Å². The van der Waals surface area contributed by atoms with E-state index in [0.29, 0.717) is 30.9 Å². The second-order valence-corrected chi connectivity index (χ2v) is 6.75. The van der Waals surface area contributed by atoms with E-state index in [4.69, 9.17) is 0 Å². The molecule has 1 aromatic carbocycles. The molecule has 4 rings (SSSR count). The molecule has 7 heteroatoms. The van der Waals surface area contributed by atoms with Crippen LogP contribution in [0, 0.1) is 0 Å². The molecule has 3 heterocycles. The minimum absolute atomic E-state index is 0.0173. The van der Waals surface area contributed by atoms with Gasteiger partial charge in [-0.25, -0.2) is 0 Å². The predicted octanol–water partition coefficient (Wildman–Crippen LogP) is 1.51. The molecule has 0 unspecified atom stereocenters. The fourth-order valence-electron chi connectivity index (χ4n) is 3.34. The van der Waals surface area contributed by atoms with Crippen molar-refractivity contribution in [3.8, 4) is 0 Å². The van der Waals surface area contributed by atoms with E-state index >= 15 is 0 Å². The average molecular weight is 363 g/mol. The van der Waals surface area contributed by atoms with Gasteiger partial charge in [-0.3, -0.25) is 14.3 Å². The molecular formula is C20H21N5O2. The average Bonchev–Trinajstić information content (AvgIpc) is 3.35. The van der Waals surface area contributed by atoms with Gasteiger partial charge < -0.3 is 15.2 Å². The number of hydrogen-bond donors (Lipinski definition) is 2. The van der Waals surface area contributed by atoms with Gasteiger partial charge in [0.05, 0.1) is 12.6 Å². The van der Waals surface area contributed by atoms with Gasteiger partial charge >= 0.3 is 0 Å². The van der Waals surface area contributed by atoms with Crippen molar-refractivity contribution in [3.05, 3.63) is 77.4 Å². The minimum atomic E-state index is -0.190. The maximum absolute atomic E-state index is 12.3. The van der Waals surface area contributed by atoms with Gasteiger partial charge in [-0.1, -0.05) is 30.3 Å². The van der Waals surface area contributed by atoms with Gasteiger partial charge in [0.15, 0.2) is 0 Å². The molecule has 7 nitrogen and oxygen atoms in total. The highest BCUT2D eigenvalue weighted by atomic mass is 16.2. The van der Waals surface area contributed by atoms with Crippen LogP contribution in [0.3, 0.4) is 0 Å². The number of benzene rings is 1. The number of hydrogen-bond acceptors (Lipinski definition) is 3. The maximum atomic E-state index is 12.3. The van der Waals surface area contributed by atoms with Crippen LogP contribution in [0.15, 0.2) is 54.7 Å². The Balaban J connectivity index is 1.34. The van der Waals surface area contributed by atoms with E-state index in [1.54, 1.807) is 21.4 Å². The third-order valence-electron chi connectivity index (χ3n) is 4.75. The van der Waals surface area contributed by atoms with Crippen LogP contribution in [-0.4, -0.2) is 32.2 Å². The Morgan fingerprint density at radius 3 is 2.67 bits per heavy atom. The Hall–Kier alpha value is -3.35. The number of rotatable bonds is 5. The topological polar surface area (TPSA) is 81.0 Å². The van der Waals surface area contributed by atoms with Crippen molar-refractivity contribution in [2.45, 2.75) is 25.6 Å². The van der Waals surface area contributed by atoms with Gasteiger partial charge in [-0.05, 0) is 23.8 Å². The molecule has 2 amide bonds. The molecule has 138 valence electrons. The van der Waals surface area contributed by atoms with Crippen LogP contribution in [0.4, 0.5) is 0 Å². The van der Waals surface area contributed by atoms with Crippen molar-refractivity contribution in [2.75, 3.05) is 0 Å². The number of nitrogens with zero attached hydrogens (tertiary/aromatic N) is 3. The van der Waals surface area contributed by atoms with Gasteiger partial charge in [0.25, 0.3) is 11.8 Å². The van der Waals surface area contributed by atoms with E-state index in [9.17, 15) is 9.59 Å². The zero-order valence-corrected chi connectivity index (χ0v) is 15.1. The van der Waals surface area contributed by atoms with Crippen molar-refractivity contribution in [1.82, 2.24) is 25.0 Å². The van der Waals surface area contributed by atoms with Gasteiger partial charge in [-0.15, -0.1) is 0 Å². The highest BCUT2D eigenvalue weighted by Crippen LogP contribution is 2.17. The van der Waals surface area contributed by atoms with E-state index in [1.165, 1.54) is 0 Å². The summed E-state index contributed by atoms with van der Waals surface area (Å²) in [5, 5.41) is 10.3. The highest BCUT2D eigenvalue weighted by Gasteiger charge is 2.27. The van der Waals surface area contributed by atoms with E-state index in [2.05, 4.69) is 15.7 Å². The number of aryl methyl sites for hydroxylation is 1. The molecule has 0 saturated heterocycles. The number of fused-ring (bicyclic) bond motifs is 1. The molecule has 0 bridgehead atoms. The van der Waals surface area contributed by atoms with Crippen molar-refractivity contribution in [1.29, 1.82) is 0 Å². The first-order valence-corrected chi connectivity index (χ1v) is 8.91. The van der Waals surface area contributed by atoms with Crippen molar-refractivity contribution < 1.29 is 9.59 Å². The normalized spacial score (nSPS) is 15.4. The number of carbonyl (C=O) groups is 2. The molecule has 0 aliphatic carbocycles. The van der Waals surface area contributed by atoms with E-state index < -0.39 is 0 Å². The standard InChI is InChI=1S/C20H21N5O2/c1-24-9-5-8-18(24)20(27)22-15-10-16-11-17(23-25(16)13-15)19(26)21-12-14-6-3-2-4-7-14/h2-9,11,15H,10,12-13H2,1H3,(H,21,26)(H,22,27)/t15-/m0/s1. The molecule has 1 aliphatic heterocycles. The Morgan fingerprint density at radius 1 is 1.15 bits per heavy atom. The van der Waals surface area contributed by atoms with Crippen LogP contribution in [0.1, 0.15) is 32.2 Å². The Labute approximate surface area is 157 Å². The van der Waals surface area contributed by atoms with Crippen LogP contribution in [-0.2, 0) is 26.6 Å². The summed E-state index contributed by atoms with van der Waals surface area (Å²) in [6, 6.07) is 15.2. The summed E-state index contributed by atoms with van der Waals surface area (Å²) in [4.78, 5) is 24.6. The predicted molar refractivity (Wildman–Crippen MR) is 100 cm³/mol. The fourth-order valence-corrected chi connectivity index (χ4v) is 3.34. The number of amides is 2. The summed E-state index contributed by atoms with van der Waals surface area (Å²) in [5.74, 6) is -0.288. The van der Waals surface area contributed by atoms with Crippen LogP contribution in [0.25, 0.3) is 0 Å². The summed E-state index contributed by atoms with van der Waals surface area (Å²) in [6.07, 6.45) is 2.50. The monoisotopic (exact) mass is 363 g/mol. The van der Waals surface area contributed by atoms with Gasteiger partial charge in [-0.2, -0.15) is 5.10 Å². The minimum Gasteiger partial charge on any atom is -0.347 e. The summed E-state index contributed by atoms with van der Waals surface area (Å²) in [5.41, 5.74) is 3.03. The first-order valence-electron chi connectivity index (χ1n) is 8.91. The first-order chi connectivity index (χ1) is 13.1. The number of nitrogens with one attached hydrogen (secondary N) is 2. The Morgan fingerprint density at radius 2 is 1.96 bits per heavy atom. The molecule has 1 atom stereocenters. The molecule has 3 aromatic rings. The summed E-state index contributed by atoms with van der Waals surface area (Å²) >= 11 is 0. The third kappa shape index (κ3) is 3.62. The third-order valence-corrected chi connectivity index (χ3v) is 4.75. The molecule has 1 aliphatic rings. The van der Waals surface area contributed by atoms with Crippen molar-refractivity contribution in [3.63, 3.8) is 0 Å². The first kappa shape index (κ1) is 17.1. The van der Waals surface area contributed by atoms with Crippen LogP contribution in [0.2, 0.25) is 0 Å². The van der Waals surface area contributed by atoms with Crippen LogP contribution in [0.5, 0.6) is 0 Å². The Kier molecular flexibility index (Phi) is 4.50. The lowest BCUT2D eigenvalue weighted by atomic mass is 10.2. The molecule has 2 N–H and O–H groups in total. The molecule has 0 fully saturated rings. The largest absolute Gasteiger partial charge is 0.347 e. The van der Waals surface area contributed by atoms with Crippen LogP contribution < -0.4 is 10.6 Å². The van der Waals surface area contributed by atoms with E-state index in [0.717, 1.165) is 11.3 Å². The zero-order chi connectivity index (χ0) is 18.8. The Bertz CT molecular complexity index is 950. The van der Waals surface area contributed by atoms with Gasteiger partial charge in [0.1, 0.15) is 11.4 Å². The summed E-state index contributed by atoms with van der Waals surface area (Å²) in [6.45, 7) is 1.04. The number of carbonyl (C=O) groups excluding carboxylic acids is 2. The second-order valence-electron chi connectivity index (χ2n) is 6.75. The van der Waals surface area contributed by atoms with E-state index in [-0.39, 0.29) is 17.9 Å². The molecule has 27 heavy (non-hydrogen) atoms. The second kappa shape index (κ2) is 7.11. The number of aromatic nitrogens is 3. The zero-order valence-electron chi connectivity index (χ0n) is 15.1. The van der Waals surface area contributed by atoms with Crippen molar-refractivity contribution >= 4 is 11.8 Å². The lowest BCUT2D eigenvalue weighted by molar-refractivity contribution is 0.0921. The smallest absolute Gasteiger partial charge is 0.272 e. The maximum Gasteiger partial charge on any atom is 0.272 e. The fraction of sp³-hybridized carbons (Fsp3) is 0.250. The SMILES string of the molecule is Cn1cccc1C(=O)N[C@H]1Cc2cc(C(=O)NCc3ccccc3)nn2C1. The molecule has 2 aromatic heterocycles. The van der Waals surface area contributed by atoms with E-state index in [1.807, 2.05) is 49.6 Å². The summed E-state index contributed by atoms with van der Waals surface area (Å²) < 4.78 is 3.59. The lowest BCUT2D eigenvalue weighted by Gasteiger charge is -2.12. The highest BCUT2D eigenvalue weighted by molar-refractivity contribution is 5.93. The summed E-state index contributed by atoms with van der Waals surface area (Å²) in [7, 11) is 1.84. The van der Waals surface area contributed by atoms with Gasteiger partial charge in [0, 0.05) is 31.9 Å². The quantitative estimate of drug-likeness (QED) is 0.721. The molecule has 0 saturated carbocycles. The molecule has 0 radical (unpaired) electrons. The molecule has 0 spiro atoms. The van der Waals surface area contributed by atoms with Crippen LogP contribution >= 0.6 is 0 Å².